The van der Waals surface area contributed by atoms with E-state index in [0.717, 1.165) is 41.5 Å². The fourth-order valence-corrected chi connectivity index (χ4v) is 4.08. The van der Waals surface area contributed by atoms with E-state index in [1.165, 1.54) is 23.6 Å². The van der Waals surface area contributed by atoms with Gasteiger partial charge in [-0.25, -0.2) is 0 Å². The first-order valence-electron chi connectivity index (χ1n) is 9.46. The van der Waals surface area contributed by atoms with Crippen LogP contribution in [0.25, 0.3) is 11.3 Å². The summed E-state index contributed by atoms with van der Waals surface area (Å²) in [7, 11) is 2.14. The van der Waals surface area contributed by atoms with Crippen molar-refractivity contribution in [2.24, 2.45) is 0 Å². The van der Waals surface area contributed by atoms with Gasteiger partial charge in [0.05, 0.1) is 17.9 Å². The van der Waals surface area contributed by atoms with Crippen molar-refractivity contribution in [1.29, 1.82) is 0 Å². The Hall–Kier alpha value is -3.12. The number of nitrogens with one attached hydrogen (secondary N) is 1. The fourth-order valence-electron chi connectivity index (χ4n) is 4.08. The van der Waals surface area contributed by atoms with Crippen molar-refractivity contribution in [2.75, 3.05) is 12.4 Å². The van der Waals surface area contributed by atoms with Crippen LogP contribution in [0.5, 0.6) is 5.75 Å². The summed E-state index contributed by atoms with van der Waals surface area (Å²) in [6.07, 6.45) is 0. The molecule has 2 aliphatic rings. The van der Waals surface area contributed by atoms with E-state index in [-0.39, 0.29) is 5.91 Å². The highest BCUT2D eigenvalue weighted by atomic mass is 16.5. The third-order valence-corrected chi connectivity index (χ3v) is 5.36. The monoisotopic (exact) mass is 374 g/mol. The van der Waals surface area contributed by atoms with Gasteiger partial charge in [-0.3, -0.25) is 14.4 Å². The largest absolute Gasteiger partial charge is 0.487 e. The van der Waals surface area contributed by atoms with Gasteiger partial charge in [0.25, 0.3) is 0 Å². The second kappa shape index (κ2) is 6.49. The molecule has 142 valence electrons. The molecule has 1 N–H and O–H groups in total. The Bertz CT molecular complexity index is 1090. The highest BCUT2D eigenvalue weighted by molar-refractivity contribution is 5.88. The molecule has 2 aromatic carbocycles. The second-order valence-electron chi connectivity index (χ2n) is 7.59. The molecule has 0 bridgehead atoms. The molecule has 6 nitrogen and oxygen atoms in total. The highest BCUT2D eigenvalue weighted by Crippen LogP contribution is 2.34. The van der Waals surface area contributed by atoms with Gasteiger partial charge in [-0.15, -0.1) is 0 Å². The lowest BCUT2D eigenvalue weighted by Crippen LogP contribution is -2.07. The van der Waals surface area contributed by atoms with E-state index < -0.39 is 0 Å². The van der Waals surface area contributed by atoms with Crippen molar-refractivity contribution in [2.45, 2.75) is 33.2 Å². The lowest BCUT2D eigenvalue weighted by atomic mass is 10.0. The van der Waals surface area contributed by atoms with Crippen molar-refractivity contribution in [3.8, 4) is 17.0 Å². The van der Waals surface area contributed by atoms with Crippen molar-refractivity contribution in [3.05, 3.63) is 64.8 Å². The zero-order valence-corrected chi connectivity index (χ0v) is 16.0. The Morgan fingerprint density at radius 1 is 1.11 bits per heavy atom. The number of fused-ring (bicyclic) bond motifs is 3. The molecule has 0 spiro atoms. The van der Waals surface area contributed by atoms with Crippen LogP contribution in [0.4, 0.5) is 5.69 Å². The molecule has 0 saturated carbocycles. The number of benzene rings is 2. The van der Waals surface area contributed by atoms with Crippen LogP contribution in [0, 0.1) is 0 Å². The van der Waals surface area contributed by atoms with Gasteiger partial charge >= 0.3 is 0 Å². The maximum Gasteiger partial charge on any atom is 0.221 e. The maximum atomic E-state index is 11.3. The quantitative estimate of drug-likeness (QED) is 0.747. The van der Waals surface area contributed by atoms with Gasteiger partial charge in [0, 0.05) is 42.9 Å². The average Bonchev–Trinajstić information content (AvgIpc) is 3.19. The van der Waals surface area contributed by atoms with Crippen LogP contribution in [0.3, 0.4) is 0 Å². The minimum atomic E-state index is -0.0906. The lowest BCUT2D eigenvalue weighted by molar-refractivity contribution is -0.114. The third-order valence-electron chi connectivity index (χ3n) is 5.36. The van der Waals surface area contributed by atoms with Crippen molar-refractivity contribution >= 4 is 11.6 Å². The number of hydrogen-bond donors (Lipinski definition) is 1. The SMILES string of the molecule is CC(=O)Nc1ccc2c(c1)OCc1cc(-c3cccc4c3CN(C)C4)nn1C2. The molecule has 2 aliphatic heterocycles. The third kappa shape index (κ3) is 2.96. The zero-order chi connectivity index (χ0) is 19.3. The van der Waals surface area contributed by atoms with E-state index in [1.54, 1.807) is 0 Å². The van der Waals surface area contributed by atoms with E-state index in [4.69, 9.17) is 9.84 Å². The molecule has 3 heterocycles. The molecular formula is C22H22N4O2. The smallest absolute Gasteiger partial charge is 0.221 e. The van der Waals surface area contributed by atoms with Gasteiger partial charge in [0.1, 0.15) is 12.4 Å². The minimum absolute atomic E-state index is 0.0906. The Morgan fingerprint density at radius 3 is 2.86 bits per heavy atom. The van der Waals surface area contributed by atoms with Crippen LogP contribution in [0.1, 0.15) is 29.3 Å². The van der Waals surface area contributed by atoms with Crippen LogP contribution < -0.4 is 10.1 Å². The first-order chi connectivity index (χ1) is 13.6. The molecule has 1 amide bonds. The number of aromatic nitrogens is 2. The Labute approximate surface area is 163 Å². The molecule has 0 unspecified atom stereocenters. The van der Waals surface area contributed by atoms with Crippen molar-refractivity contribution in [3.63, 3.8) is 0 Å². The molecule has 0 aliphatic carbocycles. The number of anilines is 1. The molecule has 28 heavy (non-hydrogen) atoms. The number of carbonyl (C=O) groups is 1. The molecule has 0 fully saturated rings. The van der Waals surface area contributed by atoms with Gasteiger partial charge < -0.3 is 10.1 Å². The normalized spacial score (nSPS) is 15.2. The maximum absolute atomic E-state index is 11.3. The summed E-state index contributed by atoms with van der Waals surface area (Å²) in [5.74, 6) is 0.702. The van der Waals surface area contributed by atoms with Gasteiger partial charge in [-0.1, -0.05) is 24.3 Å². The molecular weight excluding hydrogens is 352 g/mol. The van der Waals surface area contributed by atoms with Crippen molar-refractivity contribution in [1.82, 2.24) is 14.7 Å². The number of amides is 1. The van der Waals surface area contributed by atoms with Crippen LogP contribution in [0.15, 0.2) is 42.5 Å². The van der Waals surface area contributed by atoms with Gasteiger partial charge in [-0.2, -0.15) is 5.10 Å². The number of nitrogens with zero attached hydrogens (tertiary/aromatic N) is 3. The molecule has 1 aromatic heterocycles. The van der Waals surface area contributed by atoms with Gasteiger partial charge in [0.2, 0.25) is 5.91 Å². The number of carbonyl (C=O) groups excluding carboxylic acids is 1. The first kappa shape index (κ1) is 17.0. The summed E-state index contributed by atoms with van der Waals surface area (Å²) >= 11 is 0. The van der Waals surface area contributed by atoms with Gasteiger partial charge in [0.15, 0.2) is 0 Å². The summed E-state index contributed by atoms with van der Waals surface area (Å²) in [5.41, 5.74) is 7.83. The topological polar surface area (TPSA) is 59.4 Å². The van der Waals surface area contributed by atoms with E-state index in [9.17, 15) is 4.79 Å². The summed E-state index contributed by atoms with van der Waals surface area (Å²) in [6.45, 7) is 4.56. The molecule has 0 atom stereocenters. The fraction of sp³-hybridized carbons (Fsp3) is 0.273. The molecule has 0 saturated heterocycles. The summed E-state index contributed by atoms with van der Waals surface area (Å²) in [4.78, 5) is 13.6. The lowest BCUT2D eigenvalue weighted by Gasteiger charge is -2.10. The molecule has 0 radical (unpaired) electrons. The number of rotatable bonds is 2. The summed E-state index contributed by atoms with van der Waals surface area (Å²) in [5, 5.41) is 7.70. The van der Waals surface area contributed by atoms with Crippen LogP contribution in [-0.4, -0.2) is 27.6 Å². The predicted molar refractivity (Wildman–Crippen MR) is 107 cm³/mol. The van der Waals surface area contributed by atoms with Crippen LogP contribution in [-0.2, 0) is 31.0 Å². The highest BCUT2D eigenvalue weighted by Gasteiger charge is 2.23. The predicted octanol–water partition coefficient (Wildman–Crippen LogP) is 3.39. The molecule has 3 aromatic rings. The van der Waals surface area contributed by atoms with Crippen LogP contribution in [0.2, 0.25) is 0 Å². The summed E-state index contributed by atoms with van der Waals surface area (Å²) < 4.78 is 8.06. The molecule has 6 heteroatoms. The van der Waals surface area contributed by atoms with E-state index >= 15 is 0 Å². The Morgan fingerprint density at radius 2 is 2.00 bits per heavy atom. The Balaban J connectivity index is 1.48. The van der Waals surface area contributed by atoms with Crippen molar-refractivity contribution < 1.29 is 9.53 Å². The zero-order valence-electron chi connectivity index (χ0n) is 16.0. The van der Waals surface area contributed by atoms with Gasteiger partial charge in [-0.05, 0) is 30.3 Å². The first-order valence-corrected chi connectivity index (χ1v) is 9.46. The second-order valence-corrected chi connectivity index (χ2v) is 7.59. The molecule has 5 rings (SSSR count). The summed E-state index contributed by atoms with van der Waals surface area (Å²) in [6, 6.07) is 14.4. The van der Waals surface area contributed by atoms with E-state index in [2.05, 4.69) is 41.5 Å². The van der Waals surface area contributed by atoms with E-state index in [0.29, 0.717) is 13.2 Å². The average molecular weight is 374 g/mol. The van der Waals surface area contributed by atoms with Crippen LogP contribution >= 0.6 is 0 Å². The number of ether oxygens (including phenoxy) is 1. The van der Waals surface area contributed by atoms with E-state index in [1.807, 2.05) is 22.9 Å². The minimum Gasteiger partial charge on any atom is -0.487 e. The number of hydrogen-bond acceptors (Lipinski definition) is 4. The Kier molecular flexibility index (Phi) is 3.94. The standard InChI is InChI=1S/C22H22N4O2/c1-14(27)23-17-7-6-16-11-26-18(13-28-22(16)8-17)9-21(24-26)19-5-3-4-15-10-25(2)12-20(15)19/h3-9H,10-13H2,1-2H3,(H,23,27).